The molecular weight excluding hydrogens is 216 g/mol. The van der Waals surface area contributed by atoms with Crippen molar-refractivity contribution >= 4 is 16.5 Å². The molecule has 1 heterocycles. The van der Waals surface area contributed by atoms with Crippen LogP contribution in [0.2, 0.25) is 0 Å². The van der Waals surface area contributed by atoms with E-state index in [-0.39, 0.29) is 0 Å². The molecule has 0 spiro atoms. The predicted molar refractivity (Wildman–Crippen MR) is 70.9 cm³/mol. The Morgan fingerprint density at radius 3 is 3.06 bits per heavy atom. The summed E-state index contributed by atoms with van der Waals surface area (Å²) in [5.74, 6) is 1.76. The summed E-state index contributed by atoms with van der Waals surface area (Å²) in [7, 11) is 0. The molecule has 0 saturated heterocycles. The first-order valence-electron chi connectivity index (χ1n) is 6.40. The standard InChI is InChI=1S/C13H22N2S/c1-10(2)8-11-4-3-5-12(9-11)15-13-14-6-7-16-13/h6-7,10-12H,3-5,8-9H2,1-2H3,(H,14,15). The van der Waals surface area contributed by atoms with Crippen molar-refractivity contribution < 1.29 is 0 Å². The Morgan fingerprint density at radius 1 is 1.50 bits per heavy atom. The zero-order valence-electron chi connectivity index (χ0n) is 10.3. The van der Waals surface area contributed by atoms with Gasteiger partial charge in [0.15, 0.2) is 5.13 Å². The second-order valence-electron chi connectivity index (χ2n) is 5.34. The molecule has 1 N–H and O–H groups in total. The topological polar surface area (TPSA) is 24.9 Å². The molecular formula is C13H22N2S. The van der Waals surface area contributed by atoms with Gasteiger partial charge in [0.05, 0.1) is 0 Å². The minimum Gasteiger partial charge on any atom is -0.359 e. The smallest absolute Gasteiger partial charge is 0.182 e. The quantitative estimate of drug-likeness (QED) is 0.852. The molecule has 0 amide bonds. The van der Waals surface area contributed by atoms with Gasteiger partial charge in [-0.25, -0.2) is 4.98 Å². The Bertz CT molecular complexity index is 295. The fraction of sp³-hybridized carbons (Fsp3) is 0.769. The van der Waals surface area contributed by atoms with E-state index >= 15 is 0 Å². The van der Waals surface area contributed by atoms with Crippen LogP contribution in [0.15, 0.2) is 11.6 Å². The van der Waals surface area contributed by atoms with Gasteiger partial charge in [0, 0.05) is 17.6 Å². The minimum atomic E-state index is 0.656. The summed E-state index contributed by atoms with van der Waals surface area (Å²) < 4.78 is 0. The molecule has 1 aliphatic rings. The summed E-state index contributed by atoms with van der Waals surface area (Å²) in [4.78, 5) is 4.30. The fourth-order valence-corrected chi connectivity index (χ4v) is 3.38. The van der Waals surface area contributed by atoms with Crippen molar-refractivity contribution in [2.75, 3.05) is 5.32 Å². The lowest BCUT2D eigenvalue weighted by Crippen LogP contribution is -2.27. The van der Waals surface area contributed by atoms with Gasteiger partial charge >= 0.3 is 0 Å². The summed E-state index contributed by atoms with van der Waals surface area (Å²) in [6, 6.07) is 0.656. The predicted octanol–water partition coefficient (Wildman–Crippen LogP) is 4.16. The maximum Gasteiger partial charge on any atom is 0.182 e. The Hall–Kier alpha value is -0.570. The van der Waals surface area contributed by atoms with Crippen LogP contribution in [0.5, 0.6) is 0 Å². The molecule has 0 aliphatic heterocycles. The molecule has 90 valence electrons. The summed E-state index contributed by atoms with van der Waals surface area (Å²) in [6.45, 7) is 4.66. The maximum absolute atomic E-state index is 4.30. The zero-order chi connectivity index (χ0) is 11.4. The molecule has 0 bridgehead atoms. The number of nitrogens with one attached hydrogen (secondary N) is 1. The highest BCUT2D eigenvalue weighted by Crippen LogP contribution is 2.31. The molecule has 16 heavy (non-hydrogen) atoms. The number of aromatic nitrogens is 1. The maximum atomic E-state index is 4.30. The number of nitrogens with zero attached hydrogens (tertiary/aromatic N) is 1. The van der Waals surface area contributed by atoms with Gasteiger partial charge in [-0.1, -0.05) is 26.7 Å². The van der Waals surface area contributed by atoms with Crippen LogP contribution < -0.4 is 5.32 Å². The number of hydrogen-bond donors (Lipinski definition) is 1. The van der Waals surface area contributed by atoms with Crippen molar-refractivity contribution in [3.63, 3.8) is 0 Å². The van der Waals surface area contributed by atoms with E-state index in [1.54, 1.807) is 11.3 Å². The van der Waals surface area contributed by atoms with Gasteiger partial charge in [-0.3, -0.25) is 0 Å². The monoisotopic (exact) mass is 238 g/mol. The van der Waals surface area contributed by atoms with Crippen LogP contribution in [-0.4, -0.2) is 11.0 Å². The highest BCUT2D eigenvalue weighted by atomic mass is 32.1. The first-order chi connectivity index (χ1) is 7.74. The van der Waals surface area contributed by atoms with Crippen LogP contribution >= 0.6 is 11.3 Å². The molecule has 1 aromatic rings. The second kappa shape index (κ2) is 5.67. The third-order valence-corrected chi connectivity index (χ3v) is 4.05. The average molecular weight is 238 g/mol. The molecule has 2 nitrogen and oxygen atoms in total. The summed E-state index contributed by atoms with van der Waals surface area (Å²) in [5.41, 5.74) is 0. The number of thiazole rings is 1. The molecule has 1 fully saturated rings. The summed E-state index contributed by atoms with van der Waals surface area (Å²) in [6.07, 6.45) is 8.71. The molecule has 2 unspecified atom stereocenters. The van der Waals surface area contributed by atoms with Crippen LogP contribution in [0.25, 0.3) is 0 Å². The van der Waals surface area contributed by atoms with Crippen molar-refractivity contribution in [3.05, 3.63) is 11.6 Å². The Morgan fingerprint density at radius 2 is 2.38 bits per heavy atom. The molecule has 1 saturated carbocycles. The number of hydrogen-bond acceptors (Lipinski definition) is 3. The fourth-order valence-electron chi connectivity index (χ4n) is 2.77. The molecule has 0 aromatic carbocycles. The number of anilines is 1. The minimum absolute atomic E-state index is 0.656. The van der Waals surface area contributed by atoms with E-state index in [0.29, 0.717) is 6.04 Å². The SMILES string of the molecule is CC(C)CC1CCCC(Nc2nccs2)C1. The third kappa shape index (κ3) is 3.48. The van der Waals surface area contributed by atoms with Crippen molar-refractivity contribution in [2.45, 2.75) is 52.0 Å². The van der Waals surface area contributed by atoms with E-state index in [0.717, 1.165) is 17.0 Å². The Kier molecular flexibility index (Phi) is 4.22. The van der Waals surface area contributed by atoms with E-state index in [9.17, 15) is 0 Å². The highest BCUT2D eigenvalue weighted by molar-refractivity contribution is 7.13. The summed E-state index contributed by atoms with van der Waals surface area (Å²) >= 11 is 1.71. The van der Waals surface area contributed by atoms with Gasteiger partial charge in [-0.15, -0.1) is 11.3 Å². The van der Waals surface area contributed by atoms with Gasteiger partial charge in [0.1, 0.15) is 0 Å². The van der Waals surface area contributed by atoms with Gasteiger partial charge in [-0.2, -0.15) is 0 Å². The molecule has 2 atom stereocenters. The largest absolute Gasteiger partial charge is 0.359 e. The highest BCUT2D eigenvalue weighted by Gasteiger charge is 2.22. The van der Waals surface area contributed by atoms with E-state index in [2.05, 4.69) is 24.1 Å². The molecule has 3 heteroatoms. The van der Waals surface area contributed by atoms with Crippen LogP contribution in [0.4, 0.5) is 5.13 Å². The normalized spacial score (nSPS) is 25.9. The number of rotatable bonds is 4. The van der Waals surface area contributed by atoms with Gasteiger partial charge in [-0.05, 0) is 31.1 Å². The van der Waals surface area contributed by atoms with Crippen molar-refractivity contribution in [1.82, 2.24) is 4.98 Å². The first kappa shape index (κ1) is 11.9. The van der Waals surface area contributed by atoms with E-state index in [1.807, 2.05) is 11.6 Å². The first-order valence-corrected chi connectivity index (χ1v) is 7.28. The lowest BCUT2D eigenvalue weighted by molar-refractivity contribution is 0.289. The molecule has 2 rings (SSSR count). The molecule has 1 aliphatic carbocycles. The van der Waals surface area contributed by atoms with Gasteiger partial charge in [0.25, 0.3) is 0 Å². The van der Waals surface area contributed by atoms with Crippen LogP contribution in [0.1, 0.15) is 46.0 Å². The lowest BCUT2D eigenvalue weighted by atomic mass is 9.81. The lowest BCUT2D eigenvalue weighted by Gasteiger charge is -2.30. The zero-order valence-corrected chi connectivity index (χ0v) is 11.1. The average Bonchev–Trinajstić information content (AvgIpc) is 2.70. The van der Waals surface area contributed by atoms with Crippen LogP contribution in [0, 0.1) is 11.8 Å². The van der Waals surface area contributed by atoms with E-state index < -0.39 is 0 Å². The Balaban J connectivity index is 1.82. The van der Waals surface area contributed by atoms with Crippen molar-refractivity contribution in [3.8, 4) is 0 Å². The third-order valence-electron chi connectivity index (χ3n) is 3.35. The van der Waals surface area contributed by atoms with Crippen molar-refractivity contribution in [1.29, 1.82) is 0 Å². The van der Waals surface area contributed by atoms with Crippen molar-refractivity contribution in [2.24, 2.45) is 11.8 Å². The van der Waals surface area contributed by atoms with E-state index in [1.165, 1.54) is 32.1 Å². The molecule has 1 aromatic heterocycles. The van der Waals surface area contributed by atoms with Gasteiger partial charge < -0.3 is 5.32 Å². The van der Waals surface area contributed by atoms with Gasteiger partial charge in [0.2, 0.25) is 0 Å². The molecule has 0 radical (unpaired) electrons. The van der Waals surface area contributed by atoms with E-state index in [4.69, 9.17) is 0 Å². The Labute approximate surface area is 102 Å². The van der Waals surface area contributed by atoms with Crippen LogP contribution in [0.3, 0.4) is 0 Å². The van der Waals surface area contributed by atoms with Crippen LogP contribution in [-0.2, 0) is 0 Å². The second-order valence-corrected chi connectivity index (χ2v) is 6.24. The summed E-state index contributed by atoms with van der Waals surface area (Å²) in [5, 5.41) is 6.70.